The Bertz CT molecular complexity index is 928. The highest BCUT2D eigenvalue weighted by Gasteiger charge is 2.04. The highest BCUT2D eigenvalue weighted by molar-refractivity contribution is 9.10. The second-order valence-electron chi connectivity index (χ2n) is 6.14. The average molecular weight is 447 g/mol. The first kappa shape index (κ1) is 21.5. The van der Waals surface area contributed by atoms with Crippen molar-refractivity contribution < 1.29 is 5.48 Å². The second-order valence-corrected chi connectivity index (χ2v) is 7.06. The second kappa shape index (κ2) is 10.5. The van der Waals surface area contributed by atoms with Gasteiger partial charge in [-0.05, 0) is 53.0 Å². The smallest absolute Gasteiger partial charge is 0.255 e. The first-order valence-electron chi connectivity index (χ1n) is 8.69. The van der Waals surface area contributed by atoms with Crippen molar-refractivity contribution in [3.8, 4) is 0 Å². The van der Waals surface area contributed by atoms with Crippen molar-refractivity contribution in [3.05, 3.63) is 74.5 Å². The zero-order valence-corrected chi connectivity index (χ0v) is 17.1. The minimum atomic E-state index is -0.134. The van der Waals surface area contributed by atoms with Gasteiger partial charge in [0, 0.05) is 53.8 Å². The summed E-state index contributed by atoms with van der Waals surface area (Å²) in [4.78, 5) is 27.8. The van der Waals surface area contributed by atoms with Crippen LogP contribution in [0.5, 0.6) is 0 Å². The first-order chi connectivity index (χ1) is 13.1. The van der Waals surface area contributed by atoms with Gasteiger partial charge in [0.15, 0.2) is 0 Å². The van der Waals surface area contributed by atoms with E-state index in [-0.39, 0.29) is 11.0 Å². The van der Waals surface area contributed by atoms with Crippen molar-refractivity contribution in [1.29, 1.82) is 0 Å². The molecule has 0 spiro atoms. The molecule has 0 atom stereocenters. The minimum absolute atomic E-state index is 0. The molecule has 0 radical (unpaired) electrons. The Morgan fingerprint density at radius 3 is 2.50 bits per heavy atom. The molecule has 0 amide bonds. The summed E-state index contributed by atoms with van der Waals surface area (Å²) in [6.45, 7) is 3.39. The predicted molar refractivity (Wildman–Crippen MR) is 114 cm³/mol. The lowest BCUT2D eigenvalue weighted by atomic mass is 10.1. The fourth-order valence-corrected chi connectivity index (χ4v) is 2.69. The highest BCUT2D eigenvalue weighted by Crippen LogP contribution is 2.10. The van der Waals surface area contributed by atoms with Gasteiger partial charge in [0.05, 0.1) is 0 Å². The van der Waals surface area contributed by atoms with Crippen molar-refractivity contribution >= 4 is 27.7 Å². The van der Waals surface area contributed by atoms with Crippen molar-refractivity contribution in [2.75, 3.05) is 23.7 Å². The number of hydrogen-bond donors (Lipinski definition) is 3. The van der Waals surface area contributed by atoms with Crippen LogP contribution in [0, 0.1) is 6.92 Å². The maximum absolute atomic E-state index is 12.2. The lowest BCUT2D eigenvalue weighted by molar-refractivity contribution is 0.824. The molecule has 9 heteroatoms. The Morgan fingerprint density at radius 1 is 1.00 bits per heavy atom. The van der Waals surface area contributed by atoms with Gasteiger partial charge in [-0.15, -0.1) is 0 Å². The zero-order valence-electron chi connectivity index (χ0n) is 15.5. The van der Waals surface area contributed by atoms with E-state index in [1.165, 1.54) is 0 Å². The summed E-state index contributed by atoms with van der Waals surface area (Å²) in [7, 11) is 0. The molecule has 3 aromatic heterocycles. The molecule has 0 saturated heterocycles. The molecule has 0 fully saturated rings. The molecule has 28 heavy (non-hydrogen) atoms. The van der Waals surface area contributed by atoms with Crippen LogP contribution in [-0.4, -0.2) is 38.5 Å². The van der Waals surface area contributed by atoms with Crippen molar-refractivity contribution in [2.45, 2.75) is 19.8 Å². The van der Waals surface area contributed by atoms with Crippen molar-refractivity contribution in [2.24, 2.45) is 0 Å². The third kappa shape index (κ3) is 6.43. The molecule has 0 aliphatic heterocycles. The van der Waals surface area contributed by atoms with Gasteiger partial charge in [-0.3, -0.25) is 14.8 Å². The summed E-state index contributed by atoms with van der Waals surface area (Å²) in [6, 6.07) is 7.77. The Kier molecular flexibility index (Phi) is 8.09. The van der Waals surface area contributed by atoms with Crippen molar-refractivity contribution in [1.82, 2.24) is 19.9 Å². The number of aryl methyl sites for hydroxylation is 1. The van der Waals surface area contributed by atoms with E-state index < -0.39 is 0 Å². The lowest BCUT2D eigenvalue weighted by Gasteiger charge is -2.08. The lowest BCUT2D eigenvalue weighted by Crippen LogP contribution is -2.18. The number of hydrogen-bond acceptors (Lipinski definition) is 6. The summed E-state index contributed by atoms with van der Waals surface area (Å²) >= 11 is 3.36. The summed E-state index contributed by atoms with van der Waals surface area (Å²) in [5.74, 6) is 1.31. The molecular formula is C19H23BrN6O2. The van der Waals surface area contributed by atoms with Crippen LogP contribution < -0.4 is 16.2 Å². The van der Waals surface area contributed by atoms with Gasteiger partial charge in [0.1, 0.15) is 5.82 Å². The number of nitrogens with zero attached hydrogens (tertiary/aromatic N) is 3. The fraction of sp³-hybridized carbons (Fsp3) is 0.263. The third-order valence-electron chi connectivity index (χ3n) is 3.92. The van der Waals surface area contributed by atoms with E-state index >= 15 is 0 Å². The monoisotopic (exact) mass is 446 g/mol. The molecule has 0 aromatic carbocycles. The summed E-state index contributed by atoms with van der Waals surface area (Å²) < 4.78 is 0.951. The fourth-order valence-electron chi connectivity index (χ4n) is 2.45. The van der Waals surface area contributed by atoms with Gasteiger partial charge in [-0.2, -0.15) is 0 Å². The number of aromatic amines is 1. The molecule has 5 N–H and O–H groups in total. The third-order valence-corrected chi connectivity index (χ3v) is 4.39. The molecule has 0 unspecified atom stereocenters. The maximum atomic E-state index is 12.2. The van der Waals surface area contributed by atoms with Gasteiger partial charge in [0.2, 0.25) is 5.95 Å². The number of pyridine rings is 2. The summed E-state index contributed by atoms with van der Waals surface area (Å²) in [6.07, 6.45) is 6.53. The van der Waals surface area contributed by atoms with E-state index in [1.54, 1.807) is 18.6 Å². The summed E-state index contributed by atoms with van der Waals surface area (Å²) in [5, 5.41) is 6.37. The van der Waals surface area contributed by atoms with Gasteiger partial charge < -0.3 is 16.1 Å². The predicted octanol–water partition coefficient (Wildman–Crippen LogP) is 2.31. The van der Waals surface area contributed by atoms with Gasteiger partial charge in [0.25, 0.3) is 5.56 Å². The van der Waals surface area contributed by atoms with Crippen LogP contribution in [0.4, 0.5) is 11.8 Å². The van der Waals surface area contributed by atoms with E-state index in [0.717, 1.165) is 34.5 Å². The van der Waals surface area contributed by atoms with E-state index in [1.807, 2.05) is 31.2 Å². The first-order valence-corrected chi connectivity index (χ1v) is 9.48. The van der Waals surface area contributed by atoms with Crippen LogP contribution in [0.25, 0.3) is 0 Å². The normalized spacial score (nSPS) is 10.2. The Balaban J connectivity index is 0.00000280. The van der Waals surface area contributed by atoms with E-state index in [9.17, 15) is 4.79 Å². The summed E-state index contributed by atoms with van der Waals surface area (Å²) in [5.41, 5.74) is 2.43. The standard InChI is InChI=1S/C19H21BrN6O.H2O/c1-13-3-4-14(10-23-13)9-15-11-25-19(26-18(15)27)22-8-2-7-21-17-6-5-16(20)12-24-17;/h3-6,10-12H,2,7-9H2,1H3,(H,21,24)(H2,22,25,26,27);1H2. The van der Waals surface area contributed by atoms with Gasteiger partial charge in [-0.1, -0.05) is 6.07 Å². The zero-order chi connectivity index (χ0) is 19.1. The molecule has 0 bridgehead atoms. The average Bonchev–Trinajstić information content (AvgIpc) is 2.67. The van der Waals surface area contributed by atoms with Gasteiger partial charge >= 0.3 is 0 Å². The number of rotatable bonds is 8. The van der Waals surface area contributed by atoms with Gasteiger partial charge in [-0.25, -0.2) is 9.97 Å². The molecule has 8 nitrogen and oxygen atoms in total. The molecule has 0 aliphatic rings. The van der Waals surface area contributed by atoms with E-state index in [0.29, 0.717) is 24.5 Å². The van der Waals surface area contributed by atoms with Crippen LogP contribution in [0.3, 0.4) is 0 Å². The number of aromatic nitrogens is 4. The van der Waals surface area contributed by atoms with Crippen LogP contribution in [0.1, 0.15) is 23.2 Å². The Labute approximate surface area is 171 Å². The van der Waals surface area contributed by atoms with Crippen LogP contribution >= 0.6 is 15.9 Å². The Morgan fingerprint density at radius 2 is 1.82 bits per heavy atom. The topological polar surface area (TPSA) is 127 Å². The SMILES string of the molecule is Cc1ccc(Cc2cnc(NCCCNc3ccc(Br)cn3)[nH]c2=O)cn1.O. The minimum Gasteiger partial charge on any atom is -0.412 e. The molecular weight excluding hydrogens is 424 g/mol. The number of H-pyrrole nitrogens is 1. The highest BCUT2D eigenvalue weighted by atomic mass is 79.9. The Hall–Kier alpha value is -2.78. The molecule has 3 rings (SSSR count). The molecule has 3 heterocycles. The van der Waals surface area contributed by atoms with E-state index in [4.69, 9.17) is 0 Å². The molecule has 148 valence electrons. The van der Waals surface area contributed by atoms with Crippen LogP contribution in [0.15, 0.2) is 52.1 Å². The number of halogens is 1. The quantitative estimate of drug-likeness (QED) is 0.455. The van der Waals surface area contributed by atoms with Crippen LogP contribution in [-0.2, 0) is 6.42 Å². The number of anilines is 2. The molecule has 0 aliphatic carbocycles. The van der Waals surface area contributed by atoms with Crippen LogP contribution in [0.2, 0.25) is 0 Å². The van der Waals surface area contributed by atoms with E-state index in [2.05, 4.69) is 46.5 Å². The van der Waals surface area contributed by atoms with Crippen molar-refractivity contribution in [3.63, 3.8) is 0 Å². The molecule has 3 aromatic rings. The number of nitrogens with one attached hydrogen (secondary N) is 3. The molecule has 0 saturated carbocycles. The largest absolute Gasteiger partial charge is 0.412 e. The maximum Gasteiger partial charge on any atom is 0.255 e.